The molecule has 0 spiro atoms. The van der Waals surface area contributed by atoms with Crippen LogP contribution in [0.5, 0.6) is 11.5 Å². The normalized spacial score (nSPS) is 14.0. The van der Waals surface area contributed by atoms with Gasteiger partial charge < -0.3 is 19.4 Å². The van der Waals surface area contributed by atoms with E-state index in [2.05, 4.69) is 16.3 Å². The first-order chi connectivity index (χ1) is 15.3. The lowest BCUT2D eigenvalue weighted by molar-refractivity contribution is 0.0383. The fourth-order valence-corrected chi connectivity index (χ4v) is 3.55. The monoisotopic (exact) mass is 416 g/mol. The molecule has 0 saturated carbocycles. The molecule has 31 heavy (non-hydrogen) atoms. The zero-order valence-corrected chi connectivity index (χ0v) is 17.2. The molecule has 1 N–H and O–H groups in total. The van der Waals surface area contributed by atoms with Crippen LogP contribution in [0.25, 0.3) is 5.69 Å². The number of carbonyl (C=O) groups is 1. The van der Waals surface area contributed by atoms with E-state index in [0.29, 0.717) is 48.2 Å². The number of benzene rings is 2. The predicted molar refractivity (Wildman–Crippen MR) is 117 cm³/mol. The van der Waals surface area contributed by atoms with E-state index in [-0.39, 0.29) is 5.91 Å². The minimum Gasteiger partial charge on any atom is -0.455 e. The molecule has 1 aliphatic heterocycles. The molecule has 1 aromatic heterocycles. The molecule has 0 bridgehead atoms. The maximum atomic E-state index is 13.0. The molecule has 1 aliphatic rings. The van der Waals surface area contributed by atoms with Crippen molar-refractivity contribution in [1.29, 1.82) is 5.26 Å². The summed E-state index contributed by atoms with van der Waals surface area (Å²) in [5, 5.41) is 12.5. The fourth-order valence-electron chi connectivity index (χ4n) is 3.55. The lowest BCUT2D eigenvalue weighted by Gasteiger charge is -2.26. The van der Waals surface area contributed by atoms with E-state index in [9.17, 15) is 10.1 Å². The molecule has 0 atom stereocenters. The molecule has 0 radical (unpaired) electrons. The molecule has 2 aromatic carbocycles. The van der Waals surface area contributed by atoms with Crippen LogP contribution >= 0.6 is 0 Å². The van der Waals surface area contributed by atoms with Crippen LogP contribution in [0.2, 0.25) is 0 Å². The Balaban J connectivity index is 1.55. The molecule has 7 heteroatoms. The van der Waals surface area contributed by atoms with Gasteiger partial charge in [0, 0.05) is 32.4 Å². The smallest absolute Gasteiger partial charge is 0.269 e. The van der Waals surface area contributed by atoms with Gasteiger partial charge in [-0.1, -0.05) is 30.3 Å². The SMILES string of the molecule is N#Cc1ccn(-c2ccccc2Oc2ccccc2)c1C(=O)NCCN1CCOCC1. The van der Waals surface area contributed by atoms with Crippen LogP contribution in [0, 0.1) is 11.3 Å². The van der Waals surface area contributed by atoms with Crippen LogP contribution in [0.4, 0.5) is 0 Å². The Kier molecular flexibility index (Phi) is 6.62. The number of hydrogen-bond donors (Lipinski definition) is 1. The highest BCUT2D eigenvalue weighted by Gasteiger charge is 2.20. The van der Waals surface area contributed by atoms with Crippen molar-refractivity contribution in [3.8, 4) is 23.3 Å². The number of ether oxygens (including phenoxy) is 2. The minimum atomic E-state index is -0.288. The van der Waals surface area contributed by atoms with Crippen molar-refractivity contribution in [3.05, 3.63) is 78.1 Å². The lowest BCUT2D eigenvalue weighted by Crippen LogP contribution is -2.41. The average molecular weight is 416 g/mol. The number of hydrogen-bond acceptors (Lipinski definition) is 5. The second-order valence-electron chi connectivity index (χ2n) is 7.15. The number of nitriles is 1. The Bertz CT molecular complexity index is 1070. The van der Waals surface area contributed by atoms with Crippen LogP contribution in [-0.2, 0) is 4.74 Å². The molecule has 3 aromatic rings. The highest BCUT2D eigenvalue weighted by Crippen LogP contribution is 2.30. The molecule has 1 amide bonds. The highest BCUT2D eigenvalue weighted by atomic mass is 16.5. The van der Waals surface area contributed by atoms with E-state index in [1.807, 2.05) is 54.6 Å². The average Bonchev–Trinajstić information content (AvgIpc) is 3.25. The number of carbonyl (C=O) groups excluding carboxylic acids is 1. The molecule has 2 heterocycles. The van der Waals surface area contributed by atoms with Gasteiger partial charge in [-0.25, -0.2) is 0 Å². The predicted octanol–water partition coefficient (Wildman–Crippen LogP) is 3.20. The first kappa shape index (κ1) is 20.7. The Morgan fingerprint density at radius 3 is 2.58 bits per heavy atom. The van der Waals surface area contributed by atoms with Gasteiger partial charge in [-0.05, 0) is 30.3 Å². The Morgan fingerprint density at radius 2 is 1.81 bits per heavy atom. The molecule has 158 valence electrons. The van der Waals surface area contributed by atoms with Crippen LogP contribution in [0.3, 0.4) is 0 Å². The summed E-state index contributed by atoms with van der Waals surface area (Å²) in [6, 6.07) is 20.7. The van der Waals surface area contributed by atoms with Gasteiger partial charge in [0.05, 0.1) is 24.5 Å². The largest absolute Gasteiger partial charge is 0.455 e. The van der Waals surface area contributed by atoms with E-state index < -0.39 is 0 Å². The molecule has 4 rings (SSSR count). The first-order valence-electron chi connectivity index (χ1n) is 10.3. The van der Waals surface area contributed by atoms with E-state index in [0.717, 1.165) is 19.6 Å². The Labute approximate surface area is 181 Å². The van der Waals surface area contributed by atoms with Gasteiger partial charge in [-0.2, -0.15) is 5.26 Å². The molecule has 7 nitrogen and oxygen atoms in total. The molecular formula is C24H24N4O3. The standard InChI is InChI=1S/C24H24N4O3/c25-18-19-10-12-28(23(19)24(29)26-11-13-27-14-16-30-17-15-27)21-8-4-5-9-22(21)31-20-6-2-1-3-7-20/h1-10,12H,11,13-17H2,(H,26,29). The van der Waals surface area contributed by atoms with Gasteiger partial charge in [-0.3, -0.25) is 9.69 Å². The second kappa shape index (κ2) is 9.94. The van der Waals surface area contributed by atoms with E-state index in [4.69, 9.17) is 9.47 Å². The minimum absolute atomic E-state index is 0.288. The van der Waals surface area contributed by atoms with Crippen molar-refractivity contribution in [2.24, 2.45) is 0 Å². The maximum Gasteiger partial charge on any atom is 0.269 e. The van der Waals surface area contributed by atoms with Gasteiger partial charge in [0.2, 0.25) is 0 Å². The summed E-state index contributed by atoms with van der Waals surface area (Å²) in [6.07, 6.45) is 1.72. The van der Waals surface area contributed by atoms with Gasteiger partial charge >= 0.3 is 0 Å². The third-order valence-electron chi connectivity index (χ3n) is 5.13. The maximum absolute atomic E-state index is 13.0. The van der Waals surface area contributed by atoms with Crippen molar-refractivity contribution in [3.63, 3.8) is 0 Å². The van der Waals surface area contributed by atoms with Crippen LogP contribution in [0.15, 0.2) is 66.9 Å². The van der Waals surface area contributed by atoms with Gasteiger partial charge in [0.15, 0.2) is 5.75 Å². The molecule has 0 unspecified atom stereocenters. The zero-order valence-electron chi connectivity index (χ0n) is 17.2. The lowest BCUT2D eigenvalue weighted by atomic mass is 10.2. The van der Waals surface area contributed by atoms with Crippen LogP contribution in [0.1, 0.15) is 16.1 Å². The summed E-state index contributed by atoms with van der Waals surface area (Å²) in [6.45, 7) is 4.39. The number of rotatable bonds is 7. The third kappa shape index (κ3) is 4.94. The third-order valence-corrected chi connectivity index (χ3v) is 5.13. The fraction of sp³-hybridized carbons (Fsp3) is 0.250. The molecule has 1 saturated heterocycles. The summed E-state index contributed by atoms with van der Waals surface area (Å²) in [5.41, 5.74) is 1.30. The van der Waals surface area contributed by atoms with E-state index in [1.165, 1.54) is 0 Å². The number of para-hydroxylation sites is 3. The van der Waals surface area contributed by atoms with Gasteiger partial charge in [0.25, 0.3) is 5.91 Å². The van der Waals surface area contributed by atoms with Crippen molar-refractivity contribution < 1.29 is 14.3 Å². The summed E-state index contributed by atoms with van der Waals surface area (Å²) < 4.78 is 13.1. The molecular weight excluding hydrogens is 392 g/mol. The summed E-state index contributed by atoms with van der Waals surface area (Å²) in [5.74, 6) is 1.000. The van der Waals surface area contributed by atoms with Crippen LogP contribution in [-0.4, -0.2) is 54.8 Å². The van der Waals surface area contributed by atoms with Crippen LogP contribution < -0.4 is 10.1 Å². The number of morpholine rings is 1. The molecule has 1 fully saturated rings. The topological polar surface area (TPSA) is 79.5 Å². The number of amides is 1. The van der Waals surface area contributed by atoms with Crippen molar-refractivity contribution in [1.82, 2.24) is 14.8 Å². The van der Waals surface area contributed by atoms with E-state index >= 15 is 0 Å². The quantitative estimate of drug-likeness (QED) is 0.640. The van der Waals surface area contributed by atoms with Crippen molar-refractivity contribution in [2.45, 2.75) is 0 Å². The summed E-state index contributed by atoms with van der Waals surface area (Å²) >= 11 is 0. The Morgan fingerprint density at radius 1 is 1.06 bits per heavy atom. The summed E-state index contributed by atoms with van der Waals surface area (Å²) in [4.78, 5) is 15.3. The summed E-state index contributed by atoms with van der Waals surface area (Å²) in [7, 11) is 0. The van der Waals surface area contributed by atoms with E-state index in [1.54, 1.807) is 16.8 Å². The van der Waals surface area contributed by atoms with Gasteiger partial charge in [0.1, 0.15) is 17.5 Å². The first-order valence-corrected chi connectivity index (χ1v) is 10.3. The number of aromatic nitrogens is 1. The molecule has 0 aliphatic carbocycles. The second-order valence-corrected chi connectivity index (χ2v) is 7.15. The number of nitrogens with zero attached hydrogens (tertiary/aromatic N) is 3. The van der Waals surface area contributed by atoms with Gasteiger partial charge in [-0.15, -0.1) is 0 Å². The number of nitrogens with one attached hydrogen (secondary N) is 1. The van der Waals surface area contributed by atoms with Crippen molar-refractivity contribution in [2.75, 3.05) is 39.4 Å². The Hall–Kier alpha value is -3.60. The highest BCUT2D eigenvalue weighted by molar-refractivity contribution is 5.96. The van der Waals surface area contributed by atoms with Crippen molar-refractivity contribution >= 4 is 5.91 Å². The zero-order chi connectivity index (χ0) is 21.5.